The molecule has 1 heterocycles. The van der Waals surface area contributed by atoms with Crippen molar-refractivity contribution in [3.63, 3.8) is 0 Å². The molecule has 7 heteroatoms. The van der Waals surface area contributed by atoms with E-state index in [4.69, 9.17) is 10.5 Å². The minimum absolute atomic E-state index is 0. The normalized spacial score (nSPS) is 18.1. The molecule has 1 amide bonds. The molecule has 1 unspecified atom stereocenters. The van der Waals surface area contributed by atoms with Crippen LogP contribution in [0, 0.1) is 11.8 Å². The lowest BCUT2D eigenvalue weighted by Gasteiger charge is -2.31. The molecule has 1 aliphatic heterocycles. The zero-order valence-corrected chi connectivity index (χ0v) is 18.3. The number of nitrogens with two attached hydrogens (primary N) is 1. The molecule has 0 saturated carbocycles. The summed E-state index contributed by atoms with van der Waals surface area (Å²) in [6.07, 6.45) is 1.90. The molecule has 24 heavy (non-hydrogen) atoms. The summed E-state index contributed by atoms with van der Waals surface area (Å²) in [4.78, 5) is 18.6. The largest absolute Gasteiger partial charge is 0.444 e. The average Bonchev–Trinajstić information content (AvgIpc) is 2.41. The van der Waals surface area contributed by atoms with Crippen LogP contribution in [0.2, 0.25) is 0 Å². The van der Waals surface area contributed by atoms with Crippen LogP contribution >= 0.6 is 24.0 Å². The number of likely N-dealkylation sites (tertiary alicyclic amines) is 1. The Hall–Kier alpha value is -0.730. The third-order valence-electron chi connectivity index (χ3n) is 4.06. The third kappa shape index (κ3) is 8.94. The third-order valence-corrected chi connectivity index (χ3v) is 4.06. The van der Waals surface area contributed by atoms with E-state index in [0.717, 1.165) is 31.8 Å². The van der Waals surface area contributed by atoms with Crippen LogP contribution in [0.15, 0.2) is 4.99 Å². The number of carbonyl (C=O) groups excluding carboxylic acids is 1. The van der Waals surface area contributed by atoms with E-state index in [0.29, 0.717) is 12.5 Å². The Morgan fingerprint density at radius 3 is 2.33 bits per heavy atom. The molecule has 1 atom stereocenters. The number of piperidine rings is 1. The Balaban J connectivity index is 0.00000529. The number of halogens is 1. The van der Waals surface area contributed by atoms with Gasteiger partial charge in [0.2, 0.25) is 0 Å². The van der Waals surface area contributed by atoms with Crippen molar-refractivity contribution in [2.24, 2.45) is 22.6 Å². The van der Waals surface area contributed by atoms with Gasteiger partial charge in [-0.2, -0.15) is 0 Å². The Morgan fingerprint density at radius 2 is 1.88 bits per heavy atom. The number of guanidine groups is 1. The molecule has 0 bridgehead atoms. The van der Waals surface area contributed by atoms with Gasteiger partial charge in [-0.3, -0.25) is 4.99 Å². The number of amides is 1. The Morgan fingerprint density at radius 1 is 1.33 bits per heavy atom. The fourth-order valence-electron chi connectivity index (χ4n) is 2.41. The van der Waals surface area contributed by atoms with Crippen molar-refractivity contribution < 1.29 is 9.53 Å². The number of hydrogen-bond acceptors (Lipinski definition) is 3. The second-order valence-corrected chi connectivity index (χ2v) is 7.87. The fraction of sp³-hybridized carbons (Fsp3) is 0.882. The van der Waals surface area contributed by atoms with E-state index < -0.39 is 11.7 Å². The van der Waals surface area contributed by atoms with Gasteiger partial charge in [-0.25, -0.2) is 4.79 Å². The van der Waals surface area contributed by atoms with E-state index in [1.807, 2.05) is 20.8 Å². The quantitative estimate of drug-likeness (QED) is 0.389. The van der Waals surface area contributed by atoms with Crippen molar-refractivity contribution in [2.45, 2.75) is 66.0 Å². The molecule has 1 aliphatic rings. The molecule has 0 spiro atoms. The van der Waals surface area contributed by atoms with E-state index in [2.05, 4.69) is 36.0 Å². The lowest BCUT2D eigenvalue weighted by molar-refractivity contribution is 0.0493. The molecule has 0 aromatic heterocycles. The Bertz CT molecular complexity index is 413. The maximum Gasteiger partial charge on any atom is 0.407 e. The standard InChI is InChI=1S/C17H34N4O2.HI/c1-12(2)14(20-16(22)23-17(4,5)6)11-19-15(18)21-9-7-13(3)8-10-21;/h12-14H,7-11H2,1-6H3,(H2,18,19)(H,20,22);1H. The van der Waals surface area contributed by atoms with Crippen molar-refractivity contribution in [3.8, 4) is 0 Å². The summed E-state index contributed by atoms with van der Waals surface area (Å²) in [6, 6.07) is -0.0906. The molecule has 0 radical (unpaired) electrons. The zero-order valence-electron chi connectivity index (χ0n) is 16.0. The second kappa shape index (κ2) is 10.3. The summed E-state index contributed by atoms with van der Waals surface area (Å²) >= 11 is 0. The van der Waals surface area contributed by atoms with Crippen LogP contribution in [0.1, 0.15) is 54.4 Å². The molecule has 0 aliphatic carbocycles. The van der Waals surface area contributed by atoms with Gasteiger partial charge >= 0.3 is 6.09 Å². The van der Waals surface area contributed by atoms with Gasteiger partial charge in [0.25, 0.3) is 0 Å². The minimum atomic E-state index is -0.502. The van der Waals surface area contributed by atoms with Gasteiger partial charge < -0.3 is 20.7 Å². The highest BCUT2D eigenvalue weighted by Gasteiger charge is 2.22. The zero-order chi connectivity index (χ0) is 17.6. The van der Waals surface area contributed by atoms with Gasteiger partial charge in [-0.1, -0.05) is 20.8 Å². The van der Waals surface area contributed by atoms with Crippen LogP contribution in [0.5, 0.6) is 0 Å². The summed E-state index contributed by atoms with van der Waals surface area (Å²) < 4.78 is 5.31. The van der Waals surface area contributed by atoms with E-state index in [-0.39, 0.29) is 35.9 Å². The Kier molecular flexibility index (Phi) is 9.99. The summed E-state index contributed by atoms with van der Waals surface area (Å²) in [7, 11) is 0. The average molecular weight is 454 g/mol. The first kappa shape index (κ1) is 23.3. The van der Waals surface area contributed by atoms with E-state index in [1.165, 1.54) is 0 Å². The molecule has 142 valence electrons. The molecular weight excluding hydrogens is 419 g/mol. The lowest BCUT2D eigenvalue weighted by Crippen LogP contribution is -2.46. The topological polar surface area (TPSA) is 80.0 Å². The number of nitrogens with zero attached hydrogens (tertiary/aromatic N) is 2. The summed E-state index contributed by atoms with van der Waals surface area (Å²) in [5, 5.41) is 2.90. The molecule has 1 fully saturated rings. The maximum absolute atomic E-state index is 11.9. The van der Waals surface area contributed by atoms with Crippen molar-refractivity contribution in [1.82, 2.24) is 10.2 Å². The van der Waals surface area contributed by atoms with Gasteiger partial charge in [-0.05, 0) is 45.4 Å². The van der Waals surface area contributed by atoms with Gasteiger partial charge in [0.05, 0.1) is 12.6 Å². The predicted octanol–water partition coefficient (Wildman–Crippen LogP) is 3.20. The minimum Gasteiger partial charge on any atom is -0.444 e. The van der Waals surface area contributed by atoms with Crippen LogP contribution in [0.4, 0.5) is 4.79 Å². The second-order valence-electron chi connectivity index (χ2n) is 7.87. The first-order chi connectivity index (χ1) is 10.6. The van der Waals surface area contributed by atoms with Crippen LogP contribution < -0.4 is 11.1 Å². The SMILES string of the molecule is CC1CCN(C(N)=NCC(NC(=O)OC(C)(C)C)C(C)C)CC1.I. The van der Waals surface area contributed by atoms with Gasteiger partial charge in [0.15, 0.2) is 5.96 Å². The van der Waals surface area contributed by atoms with E-state index in [9.17, 15) is 4.79 Å². The van der Waals surface area contributed by atoms with Crippen molar-refractivity contribution in [2.75, 3.05) is 19.6 Å². The number of aliphatic imine (C=N–C) groups is 1. The number of rotatable bonds is 4. The predicted molar refractivity (Wildman–Crippen MR) is 110 cm³/mol. The monoisotopic (exact) mass is 454 g/mol. The van der Waals surface area contributed by atoms with Crippen LogP contribution in [-0.2, 0) is 4.74 Å². The van der Waals surface area contributed by atoms with Crippen LogP contribution in [0.25, 0.3) is 0 Å². The highest BCUT2D eigenvalue weighted by atomic mass is 127. The molecule has 1 rings (SSSR count). The van der Waals surface area contributed by atoms with Crippen LogP contribution in [-0.4, -0.2) is 48.2 Å². The first-order valence-electron chi connectivity index (χ1n) is 8.63. The molecule has 0 aromatic carbocycles. The van der Waals surface area contributed by atoms with Crippen molar-refractivity contribution in [3.05, 3.63) is 0 Å². The van der Waals surface area contributed by atoms with Crippen molar-refractivity contribution in [1.29, 1.82) is 0 Å². The summed E-state index contributed by atoms with van der Waals surface area (Å²) in [6.45, 7) is 14.3. The van der Waals surface area contributed by atoms with E-state index in [1.54, 1.807) is 0 Å². The summed E-state index contributed by atoms with van der Waals surface area (Å²) in [5.74, 6) is 1.59. The smallest absolute Gasteiger partial charge is 0.407 e. The summed E-state index contributed by atoms with van der Waals surface area (Å²) in [5.41, 5.74) is 5.61. The molecule has 3 N–H and O–H groups in total. The number of hydrogen-bond donors (Lipinski definition) is 2. The number of ether oxygens (including phenoxy) is 1. The number of nitrogens with one attached hydrogen (secondary N) is 1. The van der Waals surface area contributed by atoms with Gasteiger partial charge in [0, 0.05) is 13.1 Å². The number of alkyl carbamates (subject to hydrolysis) is 1. The molecule has 0 aromatic rings. The van der Waals surface area contributed by atoms with E-state index >= 15 is 0 Å². The molecular formula is C17H35IN4O2. The van der Waals surface area contributed by atoms with Gasteiger partial charge in [0.1, 0.15) is 5.60 Å². The maximum atomic E-state index is 11.9. The highest BCUT2D eigenvalue weighted by molar-refractivity contribution is 14.0. The fourth-order valence-corrected chi connectivity index (χ4v) is 2.41. The van der Waals surface area contributed by atoms with Crippen molar-refractivity contribution >= 4 is 36.0 Å². The first-order valence-corrected chi connectivity index (χ1v) is 8.63. The van der Waals surface area contributed by atoms with Crippen LogP contribution in [0.3, 0.4) is 0 Å². The van der Waals surface area contributed by atoms with Gasteiger partial charge in [-0.15, -0.1) is 24.0 Å². The molecule has 6 nitrogen and oxygen atoms in total. The molecule has 1 saturated heterocycles. The lowest BCUT2D eigenvalue weighted by atomic mass is 10.00. The number of carbonyl (C=O) groups is 1. The highest BCUT2D eigenvalue weighted by Crippen LogP contribution is 2.15. The Labute approximate surface area is 164 Å².